The second-order valence-corrected chi connectivity index (χ2v) is 43.0. The molecule has 15 rings (SSSR count). The number of aromatic nitrogens is 4. The molecule has 0 fully saturated rings. The van der Waals surface area contributed by atoms with Crippen LogP contribution in [-0.2, 0) is 23.7 Å². The smallest absolute Gasteiger partial charge is 0.170 e. The van der Waals surface area contributed by atoms with E-state index in [0.717, 1.165) is 143 Å². The van der Waals surface area contributed by atoms with Gasteiger partial charge in [-0.25, -0.2) is 17.6 Å². The van der Waals surface area contributed by atoms with E-state index >= 15 is 17.6 Å². The van der Waals surface area contributed by atoms with E-state index in [0.29, 0.717) is 65.2 Å². The molecule has 18 heteroatoms. The minimum atomic E-state index is -0.873. The predicted molar refractivity (Wildman–Crippen MR) is 494 cm³/mol. The second-order valence-electron chi connectivity index (χ2n) is 33.2. The van der Waals surface area contributed by atoms with Crippen LogP contribution < -0.4 is 0 Å². The minimum Gasteiger partial charge on any atom is -0.203 e. The normalized spacial score (nSPS) is 18.3. The van der Waals surface area contributed by atoms with Crippen molar-refractivity contribution in [3.8, 4) is 80.8 Å². The van der Waals surface area contributed by atoms with E-state index in [2.05, 4.69) is 130 Å². The summed E-state index contributed by atoms with van der Waals surface area (Å²) < 4.78 is 88.8. The highest BCUT2D eigenvalue weighted by molar-refractivity contribution is 7.26. The molecule has 0 saturated heterocycles. The standard InChI is InChI=1S/C96H112F4N4S10/c1-11-21-27-29-35-61-37-39-69(105-61)71-41-45-75(107-71)81-85(97)87(99)83(91-89(81)101-113-103-91)77-47-43-73(109-77)79-51-67-93(111-79)63-49-66-64(50-65(63)95(67,53-57(17-7)31-23-13-3)54-58(18-8)32-24-14-4)94-68(96(66,55-59(19-9)33-25-15-5)56-60(20-10)34-26-16-6)52-80(112-94)74-44-48-78(110-74)84-88(100)86(98)82(90-92(84)104-114-102-90)76-46-42-72(108-76)70-40-38-62(106-70)36-30-28-22-12-2/h37-52,57-60,63,65H,11-36,53-56H2,1-10H3. The average molecular weight is 1720 g/mol. The summed E-state index contributed by atoms with van der Waals surface area (Å²) in [6, 6.07) is 30.3. The molecule has 4 nitrogen and oxygen atoms in total. The van der Waals surface area contributed by atoms with Crippen LogP contribution in [0.15, 0.2) is 103 Å². The van der Waals surface area contributed by atoms with Crippen LogP contribution in [0.25, 0.3) is 108 Å². The largest absolute Gasteiger partial charge is 0.203 e. The van der Waals surface area contributed by atoms with E-state index in [1.807, 2.05) is 59.1 Å². The zero-order chi connectivity index (χ0) is 79.4. The number of benzene rings is 2. The lowest BCUT2D eigenvalue weighted by atomic mass is 9.59. The summed E-state index contributed by atoms with van der Waals surface area (Å²) in [6.07, 6.45) is 40.7. The van der Waals surface area contributed by atoms with Gasteiger partial charge >= 0.3 is 0 Å². The third-order valence-electron chi connectivity index (χ3n) is 25.8. The SMILES string of the molecule is CCCCCCc1ccc(-c2ccc(-c3c(F)c(F)c(-c4ccc(-c5cc6c(s5)C5=CC7C(C=C5C6(CC(CC)CCCC)CC(CC)CCCC)c5sc(-c6ccc(-c8c(F)c(F)c(-c9ccc(-c%10ccc(CCCCCC)s%10)s9)c9nsnc89)s6)cc5C7(CC(CC)CCCC)CC(CC)CCCC)s4)c4nsnc34)s2)s1. The quantitative estimate of drug-likeness (QED) is 0.0283. The molecule has 0 radical (unpaired) electrons. The third-order valence-corrected chi connectivity index (χ3v) is 36.8. The summed E-state index contributed by atoms with van der Waals surface area (Å²) >= 11 is 15.7. The van der Waals surface area contributed by atoms with Crippen molar-refractivity contribution < 1.29 is 17.6 Å². The van der Waals surface area contributed by atoms with E-state index in [4.69, 9.17) is 17.5 Å². The first-order valence-electron chi connectivity index (χ1n) is 43.3. The van der Waals surface area contributed by atoms with E-state index < -0.39 is 23.3 Å². The molecular formula is C96H112F4N4S10. The van der Waals surface area contributed by atoms with Crippen LogP contribution in [0.4, 0.5) is 17.6 Å². The lowest BCUT2D eigenvalue weighted by molar-refractivity contribution is 0.184. The molecule has 0 spiro atoms. The van der Waals surface area contributed by atoms with Gasteiger partial charge in [-0.2, -0.15) is 17.5 Å². The van der Waals surface area contributed by atoms with Gasteiger partial charge in [-0.1, -0.05) is 223 Å². The molecule has 10 aromatic heterocycles. The highest BCUT2D eigenvalue weighted by Gasteiger charge is 2.58. The molecule has 2 aromatic carbocycles. The molecule has 6 atom stereocenters. The van der Waals surface area contributed by atoms with Gasteiger partial charge in [0.05, 0.1) is 45.7 Å². The Kier molecular flexibility index (Phi) is 27.7. The van der Waals surface area contributed by atoms with E-state index in [9.17, 15) is 0 Å². The Morgan fingerprint density at radius 2 is 0.684 bits per heavy atom. The van der Waals surface area contributed by atoms with Crippen LogP contribution in [0, 0.1) is 52.9 Å². The van der Waals surface area contributed by atoms with Crippen molar-refractivity contribution in [3.05, 3.63) is 157 Å². The Balaban J connectivity index is 0.836. The number of hydrogen-bond donors (Lipinski definition) is 0. The molecule has 3 aliphatic carbocycles. The number of halogens is 4. The Bertz CT molecular complexity index is 5280. The van der Waals surface area contributed by atoms with Crippen molar-refractivity contribution in [2.24, 2.45) is 29.6 Å². The summed E-state index contributed by atoms with van der Waals surface area (Å²) in [4.78, 5) is 17.1. The number of rotatable bonds is 42. The summed E-state index contributed by atoms with van der Waals surface area (Å²) in [5.41, 5.74) is 7.96. The van der Waals surface area contributed by atoms with Gasteiger partial charge in [0.15, 0.2) is 23.3 Å². The fourth-order valence-corrected chi connectivity index (χ4v) is 29.9. The summed E-state index contributed by atoms with van der Waals surface area (Å²) in [5, 5.41) is 0. The fourth-order valence-electron chi connectivity index (χ4n) is 19.5. The van der Waals surface area contributed by atoms with Crippen LogP contribution in [0.5, 0.6) is 0 Å². The summed E-state index contributed by atoms with van der Waals surface area (Å²) in [7, 11) is 0. The minimum absolute atomic E-state index is 0.151. The molecule has 3 aliphatic rings. The number of unbranched alkanes of at least 4 members (excludes halogenated alkanes) is 10. The van der Waals surface area contributed by atoms with Gasteiger partial charge < -0.3 is 0 Å². The van der Waals surface area contributed by atoms with Gasteiger partial charge in [-0.15, -0.1) is 90.7 Å². The molecule has 0 N–H and O–H groups in total. The predicted octanol–water partition coefficient (Wildman–Crippen LogP) is 35.0. The van der Waals surface area contributed by atoms with Crippen LogP contribution in [0.2, 0.25) is 0 Å². The van der Waals surface area contributed by atoms with Crippen molar-refractivity contribution in [3.63, 3.8) is 0 Å². The van der Waals surface area contributed by atoms with E-state index in [1.54, 1.807) is 50.9 Å². The molecule has 10 heterocycles. The number of thiophene rings is 8. The topological polar surface area (TPSA) is 51.6 Å². The first-order valence-corrected chi connectivity index (χ1v) is 51.3. The molecule has 12 aromatic rings. The fraction of sp³-hybridized carbons (Fsp3) is 0.500. The Morgan fingerprint density at radius 1 is 0.342 bits per heavy atom. The van der Waals surface area contributed by atoms with Crippen LogP contribution in [0.3, 0.4) is 0 Å². The molecule has 0 aliphatic heterocycles. The molecule has 0 saturated carbocycles. The molecular weight excluding hydrogens is 1610 g/mol. The van der Waals surface area contributed by atoms with Gasteiger partial charge in [0.1, 0.15) is 22.1 Å². The maximum absolute atomic E-state index is 17.5. The molecule has 604 valence electrons. The Labute approximate surface area is 715 Å². The zero-order valence-electron chi connectivity index (χ0n) is 68.3. The zero-order valence-corrected chi connectivity index (χ0v) is 76.5. The van der Waals surface area contributed by atoms with Gasteiger partial charge in [-0.3, -0.25) is 0 Å². The first kappa shape index (κ1) is 83.9. The second kappa shape index (κ2) is 37.7. The third kappa shape index (κ3) is 16.6. The number of allylic oxidation sites excluding steroid dienone is 4. The van der Waals surface area contributed by atoms with Gasteiger partial charge in [0.25, 0.3) is 0 Å². The highest BCUT2D eigenvalue weighted by atomic mass is 32.1. The van der Waals surface area contributed by atoms with Crippen LogP contribution >= 0.6 is 114 Å². The summed E-state index contributed by atoms with van der Waals surface area (Å²) in [6.45, 7) is 23.6. The number of nitrogens with zero attached hydrogens (tertiary/aromatic N) is 4. The Hall–Kier alpha value is -5.12. The number of hydrogen-bond acceptors (Lipinski definition) is 14. The lowest BCUT2D eigenvalue weighted by Gasteiger charge is -2.44. The van der Waals surface area contributed by atoms with Crippen molar-refractivity contribution in [1.82, 2.24) is 17.5 Å². The monoisotopic (exact) mass is 1720 g/mol. The van der Waals surface area contributed by atoms with Gasteiger partial charge in [0.2, 0.25) is 0 Å². The van der Waals surface area contributed by atoms with Crippen LogP contribution in [0.1, 0.15) is 286 Å². The van der Waals surface area contributed by atoms with Gasteiger partial charge in [0, 0.05) is 94.8 Å². The van der Waals surface area contributed by atoms with Crippen molar-refractivity contribution in [1.29, 1.82) is 0 Å². The number of fused-ring (bicyclic) bond motifs is 8. The molecule has 6 unspecified atom stereocenters. The highest BCUT2D eigenvalue weighted by Crippen LogP contribution is 2.70. The van der Waals surface area contributed by atoms with Crippen molar-refractivity contribution in [2.45, 2.75) is 279 Å². The summed E-state index contributed by atoms with van der Waals surface area (Å²) in [5.74, 6) is -1.02. The van der Waals surface area contributed by atoms with Crippen molar-refractivity contribution >= 4 is 142 Å². The number of aryl methyl sites for hydroxylation is 2. The lowest BCUT2D eigenvalue weighted by Crippen LogP contribution is -2.38. The molecule has 0 bridgehead atoms. The maximum atomic E-state index is 17.5. The molecule has 0 amide bonds. The maximum Gasteiger partial charge on any atom is 0.170 e. The van der Waals surface area contributed by atoms with Gasteiger partial charge in [-0.05, 0) is 188 Å². The van der Waals surface area contributed by atoms with Crippen LogP contribution in [-0.4, -0.2) is 17.5 Å². The average Bonchev–Trinajstić information content (AvgIpc) is 1.52. The molecule has 114 heavy (non-hydrogen) atoms. The van der Waals surface area contributed by atoms with E-state index in [-0.39, 0.29) is 44.9 Å². The Morgan fingerprint density at radius 3 is 1.07 bits per heavy atom. The first-order chi connectivity index (χ1) is 55.7. The van der Waals surface area contributed by atoms with Crippen molar-refractivity contribution in [2.75, 3.05) is 0 Å². The van der Waals surface area contributed by atoms with E-state index in [1.165, 1.54) is 171 Å².